The third-order valence-corrected chi connectivity index (χ3v) is 2.16. The molecule has 0 bridgehead atoms. The summed E-state index contributed by atoms with van der Waals surface area (Å²) in [5.74, 6) is 0. The second kappa shape index (κ2) is 4.61. The molecule has 0 aromatic carbocycles. The van der Waals surface area contributed by atoms with E-state index in [2.05, 4.69) is 11.9 Å². The summed E-state index contributed by atoms with van der Waals surface area (Å²) < 4.78 is 0. The Bertz CT molecular complexity index is 412. The molecule has 3 heteroatoms. The normalized spacial score (nSPS) is 9.79. The Morgan fingerprint density at radius 1 is 1.57 bits per heavy atom. The lowest BCUT2D eigenvalue weighted by Gasteiger charge is -2.03. The Morgan fingerprint density at radius 2 is 2.29 bits per heavy atom. The third-order valence-electron chi connectivity index (χ3n) is 2.16. The van der Waals surface area contributed by atoms with Crippen molar-refractivity contribution in [2.75, 3.05) is 0 Å². The minimum Gasteiger partial charge on any atom is -0.325 e. The average Bonchev–Trinajstić information content (AvgIpc) is 2.14. The summed E-state index contributed by atoms with van der Waals surface area (Å²) in [5, 5.41) is 8.82. The monoisotopic (exact) mass is 190 g/mol. The van der Waals surface area contributed by atoms with Gasteiger partial charge < -0.3 is 4.98 Å². The van der Waals surface area contributed by atoms with Crippen LogP contribution in [0.5, 0.6) is 0 Å². The quantitative estimate of drug-likeness (QED) is 0.791. The van der Waals surface area contributed by atoms with Crippen LogP contribution in [0.1, 0.15) is 36.6 Å². The highest BCUT2D eigenvalue weighted by molar-refractivity contribution is 5.36. The van der Waals surface area contributed by atoms with Crippen molar-refractivity contribution in [1.82, 2.24) is 4.98 Å². The molecule has 0 atom stereocenters. The third kappa shape index (κ3) is 2.23. The first-order valence-corrected chi connectivity index (χ1v) is 4.82. The van der Waals surface area contributed by atoms with Gasteiger partial charge in [0, 0.05) is 5.69 Å². The number of hydrogen-bond acceptors (Lipinski definition) is 2. The molecule has 0 amide bonds. The predicted octanol–water partition coefficient (Wildman–Crippen LogP) is 1.90. The number of pyridine rings is 1. The first-order chi connectivity index (χ1) is 6.69. The highest BCUT2D eigenvalue weighted by atomic mass is 16.1. The van der Waals surface area contributed by atoms with Crippen molar-refractivity contribution in [3.63, 3.8) is 0 Å². The molecule has 1 aromatic rings. The van der Waals surface area contributed by atoms with Gasteiger partial charge in [0.05, 0.1) is 0 Å². The average molecular weight is 190 g/mol. The maximum Gasteiger partial charge on any atom is 0.266 e. The maximum atomic E-state index is 11.4. The van der Waals surface area contributed by atoms with Crippen molar-refractivity contribution in [1.29, 1.82) is 5.26 Å². The van der Waals surface area contributed by atoms with Gasteiger partial charge in [-0.1, -0.05) is 13.3 Å². The van der Waals surface area contributed by atoms with E-state index < -0.39 is 0 Å². The zero-order valence-corrected chi connectivity index (χ0v) is 8.55. The van der Waals surface area contributed by atoms with Gasteiger partial charge in [0.25, 0.3) is 5.56 Å². The molecule has 1 aromatic heterocycles. The van der Waals surface area contributed by atoms with Crippen molar-refractivity contribution < 1.29 is 0 Å². The van der Waals surface area contributed by atoms with Gasteiger partial charge >= 0.3 is 0 Å². The van der Waals surface area contributed by atoms with Crippen LogP contribution in [-0.2, 0) is 6.42 Å². The Kier molecular flexibility index (Phi) is 3.47. The number of aromatic nitrogens is 1. The first kappa shape index (κ1) is 10.5. The molecule has 0 fully saturated rings. The van der Waals surface area contributed by atoms with Crippen LogP contribution in [0.3, 0.4) is 0 Å². The van der Waals surface area contributed by atoms with Crippen molar-refractivity contribution in [3.8, 4) is 6.07 Å². The number of H-pyrrole nitrogens is 1. The molecule has 1 N–H and O–H groups in total. The van der Waals surface area contributed by atoms with Crippen LogP contribution >= 0.6 is 0 Å². The smallest absolute Gasteiger partial charge is 0.266 e. The molecular weight excluding hydrogens is 176 g/mol. The van der Waals surface area contributed by atoms with Crippen LogP contribution in [0, 0.1) is 18.3 Å². The van der Waals surface area contributed by atoms with Gasteiger partial charge in [-0.25, -0.2) is 0 Å². The van der Waals surface area contributed by atoms with Gasteiger partial charge in [-0.2, -0.15) is 5.26 Å². The highest BCUT2D eigenvalue weighted by Crippen LogP contribution is 2.08. The number of hydrogen-bond donors (Lipinski definition) is 1. The van der Waals surface area contributed by atoms with E-state index in [1.807, 2.05) is 19.1 Å². The number of nitrogens with one attached hydrogen (secondary N) is 1. The fourth-order valence-corrected chi connectivity index (χ4v) is 1.44. The van der Waals surface area contributed by atoms with Gasteiger partial charge in [-0.3, -0.25) is 4.79 Å². The number of unbranched alkanes of at least 4 members (excludes halogenated alkanes) is 1. The topological polar surface area (TPSA) is 56.6 Å². The lowest BCUT2D eigenvalue weighted by molar-refractivity contribution is 0.789. The molecule has 0 radical (unpaired) electrons. The molecule has 0 aliphatic carbocycles. The van der Waals surface area contributed by atoms with Gasteiger partial charge in [0.1, 0.15) is 11.6 Å². The number of aryl methyl sites for hydroxylation is 2. The summed E-state index contributed by atoms with van der Waals surface area (Å²) in [6, 6.07) is 3.84. The fourth-order valence-electron chi connectivity index (χ4n) is 1.44. The zero-order valence-electron chi connectivity index (χ0n) is 8.55. The summed E-state index contributed by atoms with van der Waals surface area (Å²) >= 11 is 0. The van der Waals surface area contributed by atoms with Crippen molar-refractivity contribution in [2.24, 2.45) is 0 Å². The number of nitrogens with zero attached hydrogens (tertiary/aromatic N) is 1. The van der Waals surface area contributed by atoms with Gasteiger partial charge in [-0.05, 0) is 31.4 Å². The molecule has 1 rings (SSSR count). The molecule has 0 aliphatic heterocycles. The van der Waals surface area contributed by atoms with Crippen LogP contribution < -0.4 is 5.56 Å². The van der Waals surface area contributed by atoms with Crippen LogP contribution in [0.2, 0.25) is 0 Å². The standard InChI is InChI=1S/C11H14N2O/c1-3-4-5-9-6-8(2)13-11(14)10(9)7-12/h6H,3-5H2,1-2H3,(H,13,14). The van der Waals surface area contributed by atoms with Crippen molar-refractivity contribution >= 4 is 0 Å². The minimum atomic E-state index is -0.265. The Morgan fingerprint density at radius 3 is 2.86 bits per heavy atom. The van der Waals surface area contributed by atoms with E-state index in [0.717, 1.165) is 30.5 Å². The summed E-state index contributed by atoms with van der Waals surface area (Å²) in [7, 11) is 0. The summed E-state index contributed by atoms with van der Waals surface area (Å²) in [6.45, 7) is 3.92. The lowest BCUT2D eigenvalue weighted by atomic mass is 10.0. The van der Waals surface area contributed by atoms with E-state index in [1.54, 1.807) is 0 Å². The highest BCUT2D eigenvalue weighted by Gasteiger charge is 2.06. The molecule has 74 valence electrons. The number of nitriles is 1. The molecule has 3 nitrogen and oxygen atoms in total. The maximum absolute atomic E-state index is 11.4. The lowest BCUT2D eigenvalue weighted by Crippen LogP contribution is -2.14. The fraction of sp³-hybridized carbons (Fsp3) is 0.455. The van der Waals surface area contributed by atoms with E-state index in [9.17, 15) is 4.79 Å². The van der Waals surface area contributed by atoms with Gasteiger partial charge in [0.15, 0.2) is 0 Å². The molecule has 14 heavy (non-hydrogen) atoms. The van der Waals surface area contributed by atoms with Gasteiger partial charge in [-0.15, -0.1) is 0 Å². The van der Waals surface area contributed by atoms with Gasteiger partial charge in [0.2, 0.25) is 0 Å². The summed E-state index contributed by atoms with van der Waals surface area (Å²) in [5.41, 5.74) is 1.69. The van der Waals surface area contributed by atoms with Crippen LogP contribution in [0.4, 0.5) is 0 Å². The molecule has 0 saturated carbocycles. The van der Waals surface area contributed by atoms with Crippen molar-refractivity contribution in [2.45, 2.75) is 33.1 Å². The molecule has 0 spiro atoms. The molecule has 0 aliphatic rings. The minimum absolute atomic E-state index is 0.265. The molecule has 0 saturated heterocycles. The summed E-state index contributed by atoms with van der Waals surface area (Å²) in [6.07, 6.45) is 2.89. The first-order valence-electron chi connectivity index (χ1n) is 4.82. The molecular formula is C11H14N2O. The van der Waals surface area contributed by atoms with E-state index in [0.29, 0.717) is 0 Å². The van der Waals surface area contributed by atoms with E-state index in [1.165, 1.54) is 0 Å². The number of rotatable bonds is 3. The Labute approximate surface area is 83.4 Å². The van der Waals surface area contributed by atoms with Crippen LogP contribution in [0.25, 0.3) is 0 Å². The Balaban J connectivity index is 3.13. The number of aromatic amines is 1. The predicted molar refractivity (Wildman–Crippen MR) is 55.1 cm³/mol. The summed E-state index contributed by atoms with van der Waals surface area (Å²) in [4.78, 5) is 14.0. The SMILES string of the molecule is CCCCc1cc(C)[nH]c(=O)c1C#N. The molecule has 1 heterocycles. The second-order valence-electron chi connectivity index (χ2n) is 3.40. The second-order valence-corrected chi connectivity index (χ2v) is 3.40. The van der Waals surface area contributed by atoms with E-state index in [-0.39, 0.29) is 11.1 Å². The zero-order chi connectivity index (χ0) is 10.6. The Hall–Kier alpha value is -1.56. The van der Waals surface area contributed by atoms with Crippen LogP contribution in [-0.4, -0.2) is 4.98 Å². The largest absolute Gasteiger partial charge is 0.325 e. The van der Waals surface area contributed by atoms with E-state index >= 15 is 0 Å². The molecule has 0 unspecified atom stereocenters. The van der Waals surface area contributed by atoms with Crippen LogP contribution in [0.15, 0.2) is 10.9 Å². The van der Waals surface area contributed by atoms with Crippen molar-refractivity contribution in [3.05, 3.63) is 33.2 Å². The van der Waals surface area contributed by atoms with E-state index in [4.69, 9.17) is 5.26 Å².